The lowest BCUT2D eigenvalue weighted by molar-refractivity contribution is -0.384. The van der Waals surface area contributed by atoms with Gasteiger partial charge < -0.3 is 0 Å². The molecule has 0 saturated heterocycles. The van der Waals surface area contributed by atoms with E-state index in [1.54, 1.807) is 42.5 Å². The number of nitro benzene ring substituents is 1. The Balaban J connectivity index is 1.72. The highest BCUT2D eigenvalue weighted by Crippen LogP contribution is 2.27. The summed E-state index contributed by atoms with van der Waals surface area (Å²) >= 11 is 6.27. The Bertz CT molecular complexity index is 1630. The molecule has 0 radical (unpaired) electrons. The Morgan fingerprint density at radius 3 is 2.43 bits per heavy atom. The summed E-state index contributed by atoms with van der Waals surface area (Å²) in [6.07, 6.45) is 2.21. The van der Waals surface area contributed by atoms with Gasteiger partial charge in [-0.1, -0.05) is 67.4 Å². The zero-order valence-electron chi connectivity index (χ0n) is 19.9. The first-order chi connectivity index (χ1) is 17.6. The fourth-order valence-electron chi connectivity index (χ4n) is 3.98. The minimum absolute atomic E-state index is 0.0240. The molecule has 4 rings (SSSR count). The van der Waals surface area contributed by atoms with Crippen LogP contribution in [0.1, 0.15) is 31.2 Å². The Kier molecular flexibility index (Phi) is 7.58. The fourth-order valence-corrected chi connectivity index (χ4v) is 4.93. The summed E-state index contributed by atoms with van der Waals surface area (Å²) in [7, 11) is -3.91. The molecule has 37 heavy (non-hydrogen) atoms. The Morgan fingerprint density at radius 2 is 1.78 bits per heavy atom. The molecule has 0 bridgehead atoms. The van der Waals surface area contributed by atoms with Crippen LogP contribution in [0.2, 0.25) is 5.02 Å². The van der Waals surface area contributed by atoms with Crippen molar-refractivity contribution in [3.05, 3.63) is 104 Å². The molecule has 0 aliphatic rings. The SMILES string of the molecule is CCCCc1nn(-c2cc([N+](=O)[O-])ccc2Cl)c(=O)n1Cc1ccc(-c2ccccc2S(N)(=O)=O)cc1. The van der Waals surface area contributed by atoms with Crippen LogP contribution in [0.15, 0.2) is 76.4 Å². The highest BCUT2D eigenvalue weighted by atomic mass is 35.5. The first-order valence-electron chi connectivity index (χ1n) is 11.4. The number of hydrogen-bond donors (Lipinski definition) is 1. The molecule has 10 nitrogen and oxygen atoms in total. The summed E-state index contributed by atoms with van der Waals surface area (Å²) in [6, 6.07) is 17.4. The van der Waals surface area contributed by atoms with Crippen molar-refractivity contribution in [3.63, 3.8) is 0 Å². The van der Waals surface area contributed by atoms with Crippen LogP contribution >= 0.6 is 11.6 Å². The average Bonchev–Trinajstić information content (AvgIpc) is 3.17. The van der Waals surface area contributed by atoms with Crippen LogP contribution in [-0.4, -0.2) is 27.7 Å². The summed E-state index contributed by atoms with van der Waals surface area (Å²) in [5.41, 5.74) is 1.37. The van der Waals surface area contributed by atoms with Gasteiger partial charge in [-0.05, 0) is 29.7 Å². The van der Waals surface area contributed by atoms with Gasteiger partial charge in [0.25, 0.3) is 5.69 Å². The van der Waals surface area contributed by atoms with Crippen molar-refractivity contribution in [2.24, 2.45) is 5.14 Å². The normalized spacial score (nSPS) is 11.5. The van der Waals surface area contributed by atoms with Crippen molar-refractivity contribution in [1.29, 1.82) is 0 Å². The third-order valence-corrected chi connectivity index (χ3v) is 7.15. The Hall–Kier alpha value is -3.80. The maximum Gasteiger partial charge on any atom is 0.351 e. The maximum atomic E-state index is 13.4. The second-order valence-corrected chi connectivity index (χ2v) is 10.4. The molecule has 1 heterocycles. The molecular weight excluding hydrogens is 518 g/mol. The van der Waals surface area contributed by atoms with Crippen molar-refractivity contribution in [2.45, 2.75) is 37.6 Å². The summed E-state index contributed by atoms with van der Waals surface area (Å²) in [4.78, 5) is 24.1. The second-order valence-electron chi connectivity index (χ2n) is 8.43. The van der Waals surface area contributed by atoms with Gasteiger partial charge in [-0.3, -0.25) is 14.7 Å². The van der Waals surface area contributed by atoms with Gasteiger partial charge in [-0.2, -0.15) is 4.68 Å². The van der Waals surface area contributed by atoms with E-state index in [9.17, 15) is 23.3 Å². The molecular formula is C25H24ClN5O5S. The van der Waals surface area contributed by atoms with Gasteiger partial charge in [0.05, 0.1) is 27.1 Å². The van der Waals surface area contributed by atoms with Crippen LogP contribution in [0.25, 0.3) is 16.8 Å². The van der Waals surface area contributed by atoms with E-state index >= 15 is 0 Å². The molecule has 12 heteroatoms. The number of nitrogens with two attached hydrogens (primary N) is 1. The number of benzene rings is 3. The molecule has 0 unspecified atom stereocenters. The quantitative estimate of drug-likeness (QED) is 0.247. The predicted molar refractivity (Wildman–Crippen MR) is 140 cm³/mol. The van der Waals surface area contributed by atoms with Crippen LogP contribution in [0.5, 0.6) is 0 Å². The van der Waals surface area contributed by atoms with Gasteiger partial charge in [-0.25, -0.2) is 18.4 Å². The van der Waals surface area contributed by atoms with Gasteiger partial charge in [-0.15, -0.1) is 5.10 Å². The molecule has 0 fully saturated rings. The molecule has 4 aromatic rings. The molecule has 0 amide bonds. The predicted octanol–water partition coefficient (Wildman–Crippen LogP) is 4.30. The number of halogens is 1. The van der Waals surface area contributed by atoms with Gasteiger partial charge in [0.2, 0.25) is 10.0 Å². The topological polar surface area (TPSA) is 143 Å². The van der Waals surface area contributed by atoms with Gasteiger partial charge in [0.1, 0.15) is 5.82 Å². The number of unbranched alkanes of at least 4 members (excludes halogenated alkanes) is 1. The van der Waals surface area contributed by atoms with Crippen LogP contribution in [0.3, 0.4) is 0 Å². The summed E-state index contributed by atoms with van der Waals surface area (Å²) in [5.74, 6) is 0.526. The monoisotopic (exact) mass is 541 g/mol. The third kappa shape index (κ3) is 5.63. The van der Waals surface area contributed by atoms with E-state index in [0.29, 0.717) is 23.4 Å². The van der Waals surface area contributed by atoms with E-state index in [-0.39, 0.29) is 27.8 Å². The molecule has 0 saturated carbocycles. The number of nitrogens with zero attached hydrogens (tertiary/aromatic N) is 4. The minimum atomic E-state index is -3.91. The van der Waals surface area contributed by atoms with Crippen LogP contribution in [0, 0.1) is 10.1 Å². The van der Waals surface area contributed by atoms with Crippen LogP contribution < -0.4 is 10.8 Å². The molecule has 0 aliphatic carbocycles. The Morgan fingerprint density at radius 1 is 1.08 bits per heavy atom. The van der Waals surface area contributed by atoms with E-state index in [2.05, 4.69) is 5.10 Å². The van der Waals surface area contributed by atoms with E-state index in [0.717, 1.165) is 23.1 Å². The van der Waals surface area contributed by atoms with E-state index < -0.39 is 20.6 Å². The molecule has 192 valence electrons. The fraction of sp³-hybridized carbons (Fsp3) is 0.200. The second kappa shape index (κ2) is 10.7. The lowest BCUT2D eigenvalue weighted by atomic mass is 10.0. The molecule has 1 aromatic heterocycles. The number of aromatic nitrogens is 3. The zero-order chi connectivity index (χ0) is 26.7. The number of non-ortho nitro benzene ring substituents is 1. The minimum Gasteiger partial charge on any atom is -0.274 e. The standard InChI is InChI=1S/C25H24ClN5O5S/c1-2-3-8-24-28-30(22-15-19(31(33)34)13-14-21(22)26)25(32)29(24)16-17-9-11-18(12-10-17)20-6-4-5-7-23(20)37(27,35)36/h4-7,9-15H,2-3,8,16H2,1H3,(H2,27,35,36). The molecule has 0 atom stereocenters. The zero-order valence-corrected chi connectivity index (χ0v) is 21.4. The highest BCUT2D eigenvalue weighted by Gasteiger charge is 2.20. The van der Waals surface area contributed by atoms with Gasteiger partial charge in [0, 0.05) is 24.1 Å². The van der Waals surface area contributed by atoms with Crippen molar-refractivity contribution in [3.8, 4) is 16.8 Å². The number of nitro groups is 1. The van der Waals surface area contributed by atoms with E-state index in [1.807, 2.05) is 6.92 Å². The number of sulfonamides is 1. The Labute approximate surface area is 218 Å². The van der Waals surface area contributed by atoms with Crippen LogP contribution in [-0.2, 0) is 23.0 Å². The summed E-state index contributed by atoms with van der Waals surface area (Å²) < 4.78 is 26.6. The number of hydrogen-bond acceptors (Lipinski definition) is 6. The van der Waals surface area contributed by atoms with Gasteiger partial charge in [0.15, 0.2) is 0 Å². The summed E-state index contributed by atoms with van der Waals surface area (Å²) in [5, 5.41) is 21.2. The highest BCUT2D eigenvalue weighted by molar-refractivity contribution is 7.89. The smallest absolute Gasteiger partial charge is 0.274 e. The largest absolute Gasteiger partial charge is 0.351 e. The van der Waals surface area contributed by atoms with Crippen molar-refractivity contribution in [1.82, 2.24) is 14.3 Å². The summed E-state index contributed by atoms with van der Waals surface area (Å²) in [6.45, 7) is 2.22. The van der Waals surface area contributed by atoms with E-state index in [4.69, 9.17) is 16.7 Å². The third-order valence-electron chi connectivity index (χ3n) is 5.86. The first-order valence-corrected chi connectivity index (χ1v) is 13.4. The van der Waals surface area contributed by atoms with Crippen molar-refractivity contribution >= 4 is 27.3 Å². The number of rotatable bonds is 9. The number of primary sulfonamides is 1. The van der Waals surface area contributed by atoms with Gasteiger partial charge >= 0.3 is 5.69 Å². The molecule has 2 N–H and O–H groups in total. The lowest BCUT2D eigenvalue weighted by Crippen LogP contribution is -2.25. The average molecular weight is 542 g/mol. The van der Waals surface area contributed by atoms with E-state index in [1.165, 1.54) is 28.8 Å². The van der Waals surface area contributed by atoms with Crippen molar-refractivity contribution in [2.75, 3.05) is 0 Å². The van der Waals surface area contributed by atoms with Crippen LogP contribution in [0.4, 0.5) is 5.69 Å². The maximum absolute atomic E-state index is 13.4. The first kappa shape index (κ1) is 26.3. The molecule has 3 aromatic carbocycles. The lowest BCUT2D eigenvalue weighted by Gasteiger charge is -2.10. The molecule has 0 aliphatic heterocycles. The molecule has 0 spiro atoms. The van der Waals surface area contributed by atoms with Crippen molar-refractivity contribution < 1.29 is 13.3 Å². The number of aryl methyl sites for hydroxylation is 1.